The molecule has 2 aliphatic rings. The molecule has 1 aliphatic carbocycles. The molecular weight excluding hydrogens is 176 g/mol. The first-order chi connectivity index (χ1) is 5.65. The molecule has 0 bridgehead atoms. The number of nitrogens with zero attached hydrogens (tertiary/aromatic N) is 1. The fourth-order valence-electron chi connectivity index (χ4n) is 2.16. The Morgan fingerprint density at radius 2 is 2.50 bits per heavy atom. The van der Waals surface area contributed by atoms with Crippen molar-refractivity contribution in [2.75, 3.05) is 19.0 Å². The molecule has 0 aromatic rings. The summed E-state index contributed by atoms with van der Waals surface area (Å²) in [6, 6.07) is 0. The maximum Gasteiger partial charge on any atom is 0.237 e. The van der Waals surface area contributed by atoms with Gasteiger partial charge in [0.2, 0.25) is 5.91 Å². The van der Waals surface area contributed by atoms with E-state index in [1.807, 2.05) is 0 Å². The molecule has 68 valence electrons. The quantitative estimate of drug-likeness (QED) is 0.597. The molecule has 2 unspecified atom stereocenters. The van der Waals surface area contributed by atoms with Crippen molar-refractivity contribution in [3.63, 3.8) is 0 Å². The van der Waals surface area contributed by atoms with Gasteiger partial charge in [-0.05, 0) is 18.8 Å². The monoisotopic (exact) mass is 188 g/mol. The van der Waals surface area contributed by atoms with Gasteiger partial charge < -0.3 is 10.6 Å². The molecule has 0 spiro atoms. The lowest BCUT2D eigenvalue weighted by Crippen LogP contribution is -2.54. The topological polar surface area (TPSA) is 46.3 Å². The number of carbonyl (C=O) groups excluding carboxylic acids is 1. The van der Waals surface area contributed by atoms with Crippen LogP contribution in [0.5, 0.6) is 0 Å². The van der Waals surface area contributed by atoms with E-state index >= 15 is 0 Å². The van der Waals surface area contributed by atoms with Crippen LogP contribution in [0.2, 0.25) is 0 Å². The first kappa shape index (κ1) is 8.32. The average Bonchev–Trinajstić information content (AvgIpc) is 2.28. The van der Waals surface area contributed by atoms with E-state index in [1.54, 1.807) is 4.90 Å². The molecule has 2 N–H and O–H groups in total. The molecule has 0 aromatic carbocycles. The van der Waals surface area contributed by atoms with Crippen LogP contribution >= 0.6 is 11.6 Å². The first-order valence-corrected chi connectivity index (χ1v) is 4.82. The van der Waals surface area contributed by atoms with Crippen LogP contribution in [0.3, 0.4) is 0 Å². The number of halogens is 1. The first-order valence-electron chi connectivity index (χ1n) is 4.28. The minimum Gasteiger partial charge on any atom is -0.339 e. The van der Waals surface area contributed by atoms with E-state index in [0.29, 0.717) is 12.5 Å². The number of hydrogen-bond donors (Lipinski definition) is 1. The Morgan fingerprint density at radius 3 is 2.83 bits per heavy atom. The van der Waals surface area contributed by atoms with Crippen molar-refractivity contribution in [2.24, 2.45) is 11.7 Å². The number of rotatable bonds is 1. The maximum absolute atomic E-state index is 11.2. The number of alkyl halides is 1. The van der Waals surface area contributed by atoms with E-state index in [1.165, 1.54) is 6.42 Å². The number of fused-ring (bicyclic) bond motifs is 1. The Morgan fingerprint density at radius 1 is 1.75 bits per heavy atom. The fourth-order valence-corrected chi connectivity index (χ4v) is 2.33. The van der Waals surface area contributed by atoms with Crippen LogP contribution in [0.1, 0.15) is 12.8 Å². The summed E-state index contributed by atoms with van der Waals surface area (Å²) in [5, 5.41) is 0. The second-order valence-electron chi connectivity index (χ2n) is 3.88. The van der Waals surface area contributed by atoms with Crippen LogP contribution in [-0.2, 0) is 4.79 Å². The number of carbonyl (C=O) groups is 1. The number of amides is 1. The van der Waals surface area contributed by atoms with Crippen molar-refractivity contribution in [1.29, 1.82) is 0 Å². The zero-order valence-electron chi connectivity index (χ0n) is 6.92. The van der Waals surface area contributed by atoms with Gasteiger partial charge in [0.1, 0.15) is 5.88 Å². The van der Waals surface area contributed by atoms with Gasteiger partial charge in [-0.25, -0.2) is 0 Å². The number of hydrogen-bond acceptors (Lipinski definition) is 2. The van der Waals surface area contributed by atoms with Gasteiger partial charge in [-0.1, -0.05) is 0 Å². The van der Waals surface area contributed by atoms with Gasteiger partial charge in [-0.3, -0.25) is 4.79 Å². The molecule has 1 heterocycles. The minimum atomic E-state index is -0.0677. The SMILES string of the molecule is NC12CCC1CN(C(=O)CCl)C2. The summed E-state index contributed by atoms with van der Waals surface area (Å²) in [7, 11) is 0. The lowest BCUT2D eigenvalue weighted by molar-refractivity contribution is -0.127. The molecule has 1 saturated carbocycles. The van der Waals surface area contributed by atoms with Gasteiger partial charge in [0, 0.05) is 18.6 Å². The Kier molecular flexibility index (Phi) is 1.81. The van der Waals surface area contributed by atoms with Crippen molar-refractivity contribution in [3.8, 4) is 0 Å². The highest BCUT2D eigenvalue weighted by Crippen LogP contribution is 2.42. The number of likely N-dealkylation sites (tertiary alicyclic amines) is 1. The molecular formula is C8H13ClN2O. The molecule has 2 fully saturated rings. The fraction of sp³-hybridized carbons (Fsp3) is 0.875. The Balaban J connectivity index is 2.02. The van der Waals surface area contributed by atoms with E-state index in [-0.39, 0.29) is 17.3 Å². The largest absolute Gasteiger partial charge is 0.339 e. The standard InChI is InChI=1S/C8H13ClN2O/c9-3-7(12)11-4-6-1-2-8(6,10)5-11/h6H,1-5,10H2. The average molecular weight is 189 g/mol. The molecule has 4 heteroatoms. The molecule has 0 radical (unpaired) electrons. The van der Waals surface area contributed by atoms with E-state index in [0.717, 1.165) is 13.0 Å². The van der Waals surface area contributed by atoms with Crippen LogP contribution in [0.4, 0.5) is 0 Å². The maximum atomic E-state index is 11.2. The van der Waals surface area contributed by atoms with Gasteiger partial charge in [-0.2, -0.15) is 0 Å². The molecule has 1 amide bonds. The van der Waals surface area contributed by atoms with Crippen LogP contribution in [0.15, 0.2) is 0 Å². The van der Waals surface area contributed by atoms with Crippen molar-refractivity contribution in [1.82, 2.24) is 4.90 Å². The molecule has 0 aromatic heterocycles. The third-order valence-electron chi connectivity index (χ3n) is 3.16. The van der Waals surface area contributed by atoms with Crippen LogP contribution < -0.4 is 5.73 Å². The third-order valence-corrected chi connectivity index (χ3v) is 3.39. The lowest BCUT2D eigenvalue weighted by atomic mass is 9.70. The Labute approximate surface area is 76.8 Å². The van der Waals surface area contributed by atoms with E-state index in [9.17, 15) is 4.79 Å². The van der Waals surface area contributed by atoms with Crippen molar-refractivity contribution >= 4 is 17.5 Å². The van der Waals surface area contributed by atoms with Crippen LogP contribution in [-0.4, -0.2) is 35.3 Å². The van der Waals surface area contributed by atoms with Crippen LogP contribution in [0.25, 0.3) is 0 Å². The molecule has 12 heavy (non-hydrogen) atoms. The van der Waals surface area contributed by atoms with Gasteiger partial charge >= 0.3 is 0 Å². The molecule has 1 aliphatic heterocycles. The summed E-state index contributed by atoms with van der Waals surface area (Å²) in [6.45, 7) is 1.53. The molecule has 2 rings (SSSR count). The predicted molar refractivity (Wildman–Crippen MR) is 46.9 cm³/mol. The van der Waals surface area contributed by atoms with Gasteiger partial charge in [0.15, 0.2) is 0 Å². The second kappa shape index (κ2) is 2.60. The molecule has 2 atom stereocenters. The Bertz CT molecular complexity index is 221. The summed E-state index contributed by atoms with van der Waals surface area (Å²) in [5.74, 6) is 0.642. The van der Waals surface area contributed by atoms with Crippen molar-refractivity contribution < 1.29 is 4.79 Å². The third kappa shape index (κ3) is 1.04. The summed E-state index contributed by atoms with van der Waals surface area (Å²) < 4.78 is 0. The van der Waals surface area contributed by atoms with E-state index < -0.39 is 0 Å². The van der Waals surface area contributed by atoms with Gasteiger partial charge in [-0.15, -0.1) is 11.6 Å². The normalized spacial score (nSPS) is 39.2. The highest BCUT2D eigenvalue weighted by atomic mass is 35.5. The van der Waals surface area contributed by atoms with E-state index in [4.69, 9.17) is 17.3 Å². The van der Waals surface area contributed by atoms with Gasteiger partial charge in [0.25, 0.3) is 0 Å². The molecule has 1 saturated heterocycles. The van der Waals surface area contributed by atoms with Crippen LogP contribution in [0, 0.1) is 5.92 Å². The summed E-state index contributed by atoms with van der Waals surface area (Å²) in [6.07, 6.45) is 2.23. The van der Waals surface area contributed by atoms with Crippen molar-refractivity contribution in [2.45, 2.75) is 18.4 Å². The summed E-state index contributed by atoms with van der Waals surface area (Å²) in [4.78, 5) is 13.0. The Hall–Kier alpha value is -0.280. The highest BCUT2D eigenvalue weighted by molar-refractivity contribution is 6.27. The lowest BCUT2D eigenvalue weighted by Gasteiger charge is -2.39. The molecule has 3 nitrogen and oxygen atoms in total. The highest BCUT2D eigenvalue weighted by Gasteiger charge is 2.51. The summed E-state index contributed by atoms with van der Waals surface area (Å²) in [5.41, 5.74) is 5.99. The number of nitrogens with two attached hydrogens (primary N) is 1. The second-order valence-corrected chi connectivity index (χ2v) is 4.14. The smallest absolute Gasteiger partial charge is 0.237 e. The van der Waals surface area contributed by atoms with E-state index in [2.05, 4.69) is 0 Å². The minimum absolute atomic E-state index is 0.0240. The predicted octanol–water partition coefficient (Wildman–Crippen LogP) is 0.175. The zero-order valence-corrected chi connectivity index (χ0v) is 7.68. The zero-order chi connectivity index (χ0) is 8.77. The van der Waals surface area contributed by atoms with Crippen molar-refractivity contribution in [3.05, 3.63) is 0 Å². The summed E-state index contributed by atoms with van der Waals surface area (Å²) >= 11 is 5.46. The van der Waals surface area contributed by atoms with Gasteiger partial charge in [0.05, 0.1) is 0 Å².